The predicted molar refractivity (Wildman–Crippen MR) is 204 cm³/mol. The van der Waals surface area contributed by atoms with E-state index >= 15 is 0 Å². The number of benzene rings is 6. The molecule has 242 valence electrons. The van der Waals surface area contributed by atoms with Gasteiger partial charge in [0.2, 0.25) is 0 Å². The lowest BCUT2D eigenvalue weighted by Gasteiger charge is -1.97. The molecule has 2 aromatic heterocycles. The van der Waals surface area contributed by atoms with Crippen molar-refractivity contribution in [2.24, 2.45) is 10.2 Å². The summed E-state index contributed by atoms with van der Waals surface area (Å²) in [5.74, 6) is 0.539. The van der Waals surface area contributed by atoms with Crippen LogP contribution in [0.15, 0.2) is 150 Å². The Morgan fingerprint density at radius 2 is 0.939 bits per heavy atom. The summed E-state index contributed by atoms with van der Waals surface area (Å²) in [6.07, 6.45) is 0. The second-order valence-corrected chi connectivity index (χ2v) is 13.3. The minimum Gasteiger partial charge on any atom is -0.508 e. The smallest absolute Gasteiger partial charge is 0.124 e. The summed E-state index contributed by atoms with van der Waals surface area (Å²) in [5.41, 5.74) is 14.7. The van der Waals surface area contributed by atoms with E-state index < -0.39 is 0 Å². The summed E-state index contributed by atoms with van der Waals surface area (Å²) in [6, 6.07) is 43.7. The minimum absolute atomic E-state index is 0.217. The number of nitrogens with two attached hydrogens (primary N) is 1. The molecule has 0 saturated heterocycles. The van der Waals surface area contributed by atoms with E-state index in [0.717, 1.165) is 43.6 Å². The molecule has 2 heterocycles. The van der Waals surface area contributed by atoms with Crippen LogP contribution in [0, 0.1) is 13.8 Å². The lowest BCUT2D eigenvalue weighted by Crippen LogP contribution is -1.83. The third-order valence-electron chi connectivity index (χ3n) is 7.24. The Hall–Kier alpha value is -5.90. The van der Waals surface area contributed by atoms with Gasteiger partial charge >= 0.3 is 0 Å². The molecule has 0 bridgehead atoms. The fourth-order valence-electron chi connectivity index (χ4n) is 4.68. The monoisotopic (exact) mass is 679 g/mol. The van der Waals surface area contributed by atoms with Crippen molar-refractivity contribution in [1.82, 2.24) is 9.97 Å². The molecule has 4 N–H and O–H groups in total. The van der Waals surface area contributed by atoms with Crippen molar-refractivity contribution in [3.8, 4) is 32.6 Å². The molecule has 8 rings (SSSR count). The van der Waals surface area contributed by atoms with E-state index in [1.165, 1.54) is 20.5 Å². The standard InChI is InChI=1S/C20H15N3OS.C14H12N2S.C6H6O/c1-13-2-11-19-18(12-13)21-20(25-19)14-3-5-15(6-4-14)22-23-16-7-9-17(24)10-8-16;1-9-2-7-13-12(8-9)16-14(17-13)10-3-5-11(15)6-4-10;7-6-4-2-1-3-5-6/h2-12,24H,1H3;2-8H,15H2,1H3;1-5,7H. The van der Waals surface area contributed by atoms with E-state index in [1.807, 2.05) is 54.6 Å². The van der Waals surface area contributed by atoms with Gasteiger partial charge in [0.25, 0.3) is 0 Å². The molecule has 7 nitrogen and oxygen atoms in total. The molecule has 0 unspecified atom stereocenters. The summed E-state index contributed by atoms with van der Waals surface area (Å²) >= 11 is 3.40. The first-order valence-corrected chi connectivity index (χ1v) is 17.1. The Kier molecular flexibility index (Phi) is 10.3. The summed E-state index contributed by atoms with van der Waals surface area (Å²) in [4.78, 5) is 9.37. The number of para-hydroxylation sites is 1. The highest BCUT2D eigenvalue weighted by atomic mass is 32.1. The number of rotatable bonds is 4. The van der Waals surface area contributed by atoms with Gasteiger partial charge in [-0.15, -0.1) is 22.7 Å². The van der Waals surface area contributed by atoms with Gasteiger partial charge in [-0.25, -0.2) is 9.97 Å². The number of hydrogen-bond donors (Lipinski definition) is 3. The van der Waals surface area contributed by atoms with Crippen molar-refractivity contribution in [2.75, 3.05) is 5.73 Å². The van der Waals surface area contributed by atoms with Gasteiger partial charge < -0.3 is 15.9 Å². The number of phenolic OH excluding ortho intramolecular Hbond substituents is 2. The van der Waals surface area contributed by atoms with Crippen LogP contribution in [0.3, 0.4) is 0 Å². The number of thiazole rings is 2. The fraction of sp³-hybridized carbons (Fsp3) is 0.0500. The summed E-state index contributed by atoms with van der Waals surface area (Å²) in [5, 5.41) is 28.3. The molecule has 0 fully saturated rings. The molecular formula is C40H33N5O2S2. The number of aromatic hydroxyl groups is 2. The maximum atomic E-state index is 9.27. The topological polar surface area (TPSA) is 117 Å². The molecule has 0 aliphatic rings. The lowest BCUT2D eigenvalue weighted by atomic mass is 10.2. The first kappa shape index (κ1) is 33.0. The van der Waals surface area contributed by atoms with Gasteiger partial charge in [0.05, 0.1) is 31.8 Å². The second-order valence-electron chi connectivity index (χ2n) is 11.2. The Morgan fingerprint density at radius 3 is 1.39 bits per heavy atom. The van der Waals surface area contributed by atoms with Gasteiger partial charge in [-0.05, 0) is 134 Å². The molecule has 0 radical (unpaired) electrons. The summed E-state index contributed by atoms with van der Waals surface area (Å²) < 4.78 is 2.42. The van der Waals surface area contributed by atoms with E-state index in [9.17, 15) is 5.11 Å². The maximum absolute atomic E-state index is 9.27. The first-order chi connectivity index (χ1) is 23.8. The number of anilines is 1. The fourth-order valence-corrected chi connectivity index (χ4v) is 6.58. The Labute approximate surface area is 292 Å². The SMILES string of the molecule is Cc1ccc2sc(-c3ccc(N)cc3)nc2c1.Cc1ccc2sc(-c3ccc(N=Nc4ccc(O)cc4)cc3)nc2c1.Oc1ccccc1. The van der Waals surface area contributed by atoms with Gasteiger partial charge in [-0.2, -0.15) is 10.2 Å². The Morgan fingerprint density at radius 1 is 0.510 bits per heavy atom. The van der Waals surface area contributed by atoms with Crippen molar-refractivity contribution < 1.29 is 10.2 Å². The number of fused-ring (bicyclic) bond motifs is 2. The molecule has 0 saturated carbocycles. The normalized spacial score (nSPS) is 10.8. The molecule has 0 aliphatic carbocycles. The highest BCUT2D eigenvalue weighted by Gasteiger charge is 2.07. The highest BCUT2D eigenvalue weighted by Crippen LogP contribution is 2.33. The summed E-state index contributed by atoms with van der Waals surface area (Å²) in [6.45, 7) is 4.16. The molecule has 9 heteroatoms. The maximum Gasteiger partial charge on any atom is 0.124 e. The van der Waals surface area contributed by atoms with Crippen LogP contribution in [0.25, 0.3) is 41.6 Å². The quantitative estimate of drug-likeness (QED) is 0.126. The van der Waals surface area contributed by atoms with Crippen LogP contribution in [-0.4, -0.2) is 20.2 Å². The predicted octanol–water partition coefficient (Wildman–Crippen LogP) is 11.6. The molecule has 0 spiro atoms. The van der Waals surface area contributed by atoms with E-state index in [-0.39, 0.29) is 5.75 Å². The Bertz CT molecular complexity index is 2320. The zero-order valence-corrected chi connectivity index (χ0v) is 28.5. The lowest BCUT2D eigenvalue weighted by molar-refractivity contribution is 0.475. The highest BCUT2D eigenvalue weighted by molar-refractivity contribution is 7.22. The Balaban J connectivity index is 0.000000149. The van der Waals surface area contributed by atoms with Crippen LogP contribution in [0.1, 0.15) is 11.1 Å². The summed E-state index contributed by atoms with van der Waals surface area (Å²) in [7, 11) is 0. The third kappa shape index (κ3) is 8.92. The average molecular weight is 680 g/mol. The van der Waals surface area contributed by atoms with E-state index in [0.29, 0.717) is 11.4 Å². The second kappa shape index (κ2) is 15.3. The van der Waals surface area contributed by atoms with Crippen molar-refractivity contribution in [2.45, 2.75) is 13.8 Å². The van der Waals surface area contributed by atoms with Gasteiger partial charge in [0.15, 0.2) is 0 Å². The van der Waals surface area contributed by atoms with Crippen LogP contribution in [0.2, 0.25) is 0 Å². The zero-order chi connectivity index (χ0) is 34.2. The molecular weight excluding hydrogens is 647 g/mol. The number of aromatic nitrogens is 2. The number of phenols is 2. The van der Waals surface area contributed by atoms with Crippen molar-refractivity contribution in [3.05, 3.63) is 151 Å². The molecule has 0 amide bonds. The van der Waals surface area contributed by atoms with Gasteiger partial charge in [-0.1, -0.05) is 30.3 Å². The number of nitrogen functional groups attached to an aromatic ring is 1. The van der Waals surface area contributed by atoms with E-state index in [2.05, 4.69) is 65.5 Å². The van der Waals surface area contributed by atoms with E-state index in [1.54, 1.807) is 71.2 Å². The van der Waals surface area contributed by atoms with E-state index in [4.69, 9.17) is 15.8 Å². The largest absolute Gasteiger partial charge is 0.508 e. The average Bonchev–Trinajstić information content (AvgIpc) is 3.73. The van der Waals surface area contributed by atoms with Crippen LogP contribution in [0.4, 0.5) is 17.1 Å². The van der Waals surface area contributed by atoms with Gasteiger partial charge in [0, 0.05) is 16.8 Å². The van der Waals surface area contributed by atoms with Gasteiger partial charge in [0.1, 0.15) is 21.5 Å². The van der Waals surface area contributed by atoms with Crippen molar-refractivity contribution >= 4 is 60.2 Å². The van der Waals surface area contributed by atoms with Gasteiger partial charge in [-0.3, -0.25) is 0 Å². The number of azo groups is 1. The van der Waals surface area contributed by atoms with Crippen LogP contribution in [0.5, 0.6) is 11.5 Å². The molecule has 8 aromatic rings. The molecule has 49 heavy (non-hydrogen) atoms. The number of aryl methyl sites for hydroxylation is 2. The van der Waals surface area contributed by atoms with Crippen LogP contribution < -0.4 is 5.73 Å². The molecule has 0 aliphatic heterocycles. The van der Waals surface area contributed by atoms with Crippen molar-refractivity contribution in [3.63, 3.8) is 0 Å². The zero-order valence-electron chi connectivity index (χ0n) is 26.9. The number of hydrogen-bond acceptors (Lipinski definition) is 9. The van der Waals surface area contributed by atoms with Crippen LogP contribution in [-0.2, 0) is 0 Å². The number of nitrogens with zero attached hydrogens (tertiary/aromatic N) is 4. The third-order valence-corrected chi connectivity index (χ3v) is 9.42. The molecule has 0 atom stereocenters. The van der Waals surface area contributed by atoms with Crippen LogP contribution >= 0.6 is 22.7 Å². The van der Waals surface area contributed by atoms with Crippen molar-refractivity contribution in [1.29, 1.82) is 0 Å². The first-order valence-electron chi connectivity index (χ1n) is 15.4. The minimum atomic E-state index is 0.217. The molecule has 6 aromatic carbocycles.